The Bertz CT molecular complexity index is 344. The van der Waals surface area contributed by atoms with Crippen molar-refractivity contribution in [2.75, 3.05) is 19.8 Å². The molecule has 2 rings (SSSR count). The van der Waals surface area contributed by atoms with Crippen molar-refractivity contribution in [2.45, 2.75) is 6.04 Å². The molecule has 1 aromatic heterocycles. The first-order valence-electron chi connectivity index (χ1n) is 4.59. The van der Waals surface area contributed by atoms with Crippen molar-refractivity contribution in [1.82, 2.24) is 15.1 Å². The van der Waals surface area contributed by atoms with E-state index in [0.29, 0.717) is 24.4 Å². The van der Waals surface area contributed by atoms with Crippen molar-refractivity contribution in [3.05, 3.63) is 22.4 Å². The van der Waals surface area contributed by atoms with Gasteiger partial charge in [0.05, 0.1) is 24.9 Å². The SMILES string of the molecule is O=CN1CCOC[C@@H]1c1ccc(Br)nn1. The molecular weight excluding hydrogens is 262 g/mol. The molecule has 1 aromatic rings. The Balaban J connectivity index is 2.20. The predicted octanol–water partition coefficient (Wildman–Crippen LogP) is 0.769. The van der Waals surface area contributed by atoms with E-state index in [-0.39, 0.29) is 6.04 Å². The van der Waals surface area contributed by atoms with Crippen LogP contribution in [0.3, 0.4) is 0 Å². The van der Waals surface area contributed by atoms with E-state index in [9.17, 15) is 4.79 Å². The first-order chi connectivity index (χ1) is 7.31. The highest BCUT2D eigenvalue weighted by molar-refractivity contribution is 9.10. The minimum atomic E-state index is -0.114. The Hall–Kier alpha value is -1.01. The highest BCUT2D eigenvalue weighted by Gasteiger charge is 2.24. The second-order valence-corrected chi connectivity index (χ2v) is 4.03. The summed E-state index contributed by atoms with van der Waals surface area (Å²) in [5, 5.41) is 7.91. The minimum absolute atomic E-state index is 0.114. The highest BCUT2D eigenvalue weighted by Crippen LogP contribution is 2.20. The molecule has 1 atom stereocenters. The van der Waals surface area contributed by atoms with E-state index in [4.69, 9.17) is 4.74 Å². The van der Waals surface area contributed by atoms with Crippen LogP contribution in [0.5, 0.6) is 0 Å². The van der Waals surface area contributed by atoms with Crippen LogP contribution in [-0.2, 0) is 9.53 Å². The van der Waals surface area contributed by atoms with Gasteiger partial charge in [-0.15, -0.1) is 5.10 Å². The highest BCUT2D eigenvalue weighted by atomic mass is 79.9. The number of hydrogen-bond acceptors (Lipinski definition) is 4. The average molecular weight is 272 g/mol. The molecule has 1 aliphatic rings. The molecule has 0 saturated carbocycles. The lowest BCUT2D eigenvalue weighted by molar-refractivity contribution is -0.126. The fourth-order valence-corrected chi connectivity index (χ4v) is 1.71. The van der Waals surface area contributed by atoms with E-state index < -0.39 is 0 Å². The number of carbonyl (C=O) groups is 1. The Morgan fingerprint density at radius 3 is 3.07 bits per heavy atom. The number of halogens is 1. The van der Waals surface area contributed by atoms with Gasteiger partial charge in [-0.1, -0.05) is 0 Å². The zero-order chi connectivity index (χ0) is 10.7. The molecule has 0 aliphatic carbocycles. The van der Waals surface area contributed by atoms with Crippen LogP contribution >= 0.6 is 15.9 Å². The van der Waals surface area contributed by atoms with Crippen LogP contribution in [0.2, 0.25) is 0 Å². The van der Waals surface area contributed by atoms with Gasteiger partial charge >= 0.3 is 0 Å². The van der Waals surface area contributed by atoms with Crippen LogP contribution in [0.1, 0.15) is 11.7 Å². The molecule has 0 bridgehead atoms. The smallest absolute Gasteiger partial charge is 0.210 e. The van der Waals surface area contributed by atoms with E-state index in [1.165, 1.54) is 0 Å². The molecule has 1 saturated heterocycles. The third kappa shape index (κ3) is 2.32. The van der Waals surface area contributed by atoms with Gasteiger partial charge in [-0.25, -0.2) is 0 Å². The maximum atomic E-state index is 10.8. The normalized spacial score (nSPS) is 21.4. The van der Waals surface area contributed by atoms with Crippen LogP contribution in [0.4, 0.5) is 0 Å². The average Bonchev–Trinajstić information content (AvgIpc) is 2.30. The van der Waals surface area contributed by atoms with Crippen molar-refractivity contribution in [2.24, 2.45) is 0 Å². The molecule has 1 amide bonds. The third-order valence-electron chi connectivity index (χ3n) is 2.30. The number of rotatable bonds is 2. The van der Waals surface area contributed by atoms with E-state index in [1.54, 1.807) is 11.0 Å². The van der Waals surface area contributed by atoms with Crippen LogP contribution in [0.15, 0.2) is 16.7 Å². The monoisotopic (exact) mass is 271 g/mol. The van der Waals surface area contributed by atoms with Crippen molar-refractivity contribution in [3.8, 4) is 0 Å². The predicted molar refractivity (Wildman–Crippen MR) is 56.1 cm³/mol. The summed E-state index contributed by atoms with van der Waals surface area (Å²) in [4.78, 5) is 12.5. The van der Waals surface area contributed by atoms with Gasteiger partial charge in [-0.2, -0.15) is 5.10 Å². The van der Waals surface area contributed by atoms with E-state index >= 15 is 0 Å². The molecule has 0 aromatic carbocycles. The summed E-state index contributed by atoms with van der Waals surface area (Å²) in [6, 6.07) is 3.53. The Labute approximate surface area is 95.6 Å². The second-order valence-electron chi connectivity index (χ2n) is 3.21. The first-order valence-corrected chi connectivity index (χ1v) is 5.38. The summed E-state index contributed by atoms with van der Waals surface area (Å²) in [6.45, 7) is 1.67. The standard InChI is InChI=1S/C9H10BrN3O2/c10-9-2-1-7(11-12-9)8-5-15-4-3-13(8)6-14/h1-2,6,8H,3-5H2/t8-/m1/s1. The summed E-state index contributed by atoms with van der Waals surface area (Å²) in [7, 11) is 0. The summed E-state index contributed by atoms with van der Waals surface area (Å²) < 4.78 is 6.00. The number of aromatic nitrogens is 2. The van der Waals surface area contributed by atoms with Gasteiger partial charge < -0.3 is 9.64 Å². The zero-order valence-corrected chi connectivity index (χ0v) is 9.55. The number of nitrogens with zero attached hydrogens (tertiary/aromatic N) is 3. The third-order valence-corrected chi connectivity index (χ3v) is 2.72. The van der Waals surface area contributed by atoms with Gasteiger partial charge in [-0.05, 0) is 28.1 Å². The van der Waals surface area contributed by atoms with Crippen molar-refractivity contribution >= 4 is 22.3 Å². The summed E-state index contributed by atoms with van der Waals surface area (Å²) in [5.74, 6) is 0. The number of hydrogen-bond donors (Lipinski definition) is 0. The quantitative estimate of drug-likeness (QED) is 0.746. The lowest BCUT2D eigenvalue weighted by atomic mass is 10.1. The van der Waals surface area contributed by atoms with Crippen LogP contribution in [0.25, 0.3) is 0 Å². The molecule has 1 fully saturated rings. The Kier molecular flexibility index (Phi) is 3.27. The van der Waals surface area contributed by atoms with Gasteiger partial charge in [-0.3, -0.25) is 4.79 Å². The molecular formula is C9H10BrN3O2. The summed E-state index contributed by atoms with van der Waals surface area (Å²) >= 11 is 3.21. The summed E-state index contributed by atoms with van der Waals surface area (Å²) in [6.07, 6.45) is 0.830. The van der Waals surface area contributed by atoms with Crippen molar-refractivity contribution < 1.29 is 9.53 Å². The number of ether oxygens (including phenoxy) is 1. The number of carbonyl (C=O) groups excluding carboxylic acids is 1. The van der Waals surface area contributed by atoms with Crippen LogP contribution in [-0.4, -0.2) is 41.3 Å². The minimum Gasteiger partial charge on any atom is -0.377 e. The molecule has 0 spiro atoms. The van der Waals surface area contributed by atoms with Gasteiger partial charge in [0.15, 0.2) is 0 Å². The molecule has 0 N–H and O–H groups in total. The van der Waals surface area contributed by atoms with E-state index in [0.717, 1.165) is 12.1 Å². The van der Waals surface area contributed by atoms with Gasteiger partial charge in [0.1, 0.15) is 4.60 Å². The van der Waals surface area contributed by atoms with E-state index in [1.807, 2.05) is 6.07 Å². The Morgan fingerprint density at radius 1 is 1.53 bits per heavy atom. The van der Waals surface area contributed by atoms with E-state index in [2.05, 4.69) is 26.1 Å². The van der Waals surface area contributed by atoms with Crippen molar-refractivity contribution in [3.63, 3.8) is 0 Å². The number of amides is 1. The fraction of sp³-hybridized carbons (Fsp3) is 0.444. The zero-order valence-electron chi connectivity index (χ0n) is 7.97. The maximum absolute atomic E-state index is 10.8. The maximum Gasteiger partial charge on any atom is 0.210 e. The topological polar surface area (TPSA) is 55.3 Å². The fourth-order valence-electron chi connectivity index (χ4n) is 1.50. The van der Waals surface area contributed by atoms with Crippen LogP contribution in [0, 0.1) is 0 Å². The van der Waals surface area contributed by atoms with Gasteiger partial charge in [0, 0.05) is 6.54 Å². The molecule has 1 aliphatic heterocycles. The number of morpholine rings is 1. The second kappa shape index (κ2) is 4.67. The first kappa shape index (κ1) is 10.5. The largest absolute Gasteiger partial charge is 0.377 e. The van der Waals surface area contributed by atoms with Crippen molar-refractivity contribution in [1.29, 1.82) is 0 Å². The molecule has 80 valence electrons. The van der Waals surface area contributed by atoms with Gasteiger partial charge in [0.2, 0.25) is 6.41 Å². The summed E-state index contributed by atoms with van der Waals surface area (Å²) in [5.41, 5.74) is 0.755. The molecule has 0 unspecified atom stereocenters. The lowest BCUT2D eigenvalue weighted by Gasteiger charge is -2.31. The molecule has 15 heavy (non-hydrogen) atoms. The molecule has 6 heteroatoms. The lowest BCUT2D eigenvalue weighted by Crippen LogP contribution is -2.38. The molecule has 2 heterocycles. The van der Waals surface area contributed by atoms with Gasteiger partial charge in [0.25, 0.3) is 0 Å². The Morgan fingerprint density at radius 2 is 2.40 bits per heavy atom. The van der Waals surface area contributed by atoms with Crippen LogP contribution < -0.4 is 0 Å². The molecule has 5 nitrogen and oxygen atoms in total. The molecule has 0 radical (unpaired) electrons.